The number of likely N-dealkylation sites (N-methyl/N-ethyl adjacent to an activating group) is 1. The van der Waals surface area contributed by atoms with Gasteiger partial charge in [0.25, 0.3) is 5.91 Å². The average molecular weight is 492 g/mol. The highest BCUT2D eigenvalue weighted by Gasteiger charge is 2.30. The van der Waals surface area contributed by atoms with Gasteiger partial charge in [-0.1, -0.05) is 29.8 Å². The predicted molar refractivity (Wildman–Crippen MR) is 115 cm³/mol. The summed E-state index contributed by atoms with van der Waals surface area (Å²) in [6.07, 6.45) is 1.64. The van der Waals surface area contributed by atoms with E-state index >= 15 is 0 Å². The molecule has 0 bridgehead atoms. The Morgan fingerprint density at radius 3 is 2.46 bits per heavy atom. The molecular weight excluding hydrogens is 471 g/mol. The van der Waals surface area contributed by atoms with E-state index in [2.05, 4.69) is 27.9 Å². The van der Waals surface area contributed by atoms with Gasteiger partial charge in [0.05, 0.1) is 10.2 Å². The Bertz CT molecular complexity index is 938. The molecule has 0 radical (unpaired) electrons. The molecule has 1 N–H and O–H groups in total. The number of aryl methyl sites for hydroxylation is 1. The summed E-state index contributed by atoms with van der Waals surface area (Å²) >= 11 is 2.18. The number of ether oxygens (including phenoxy) is 2. The average Bonchev–Trinajstić information content (AvgIpc) is 2.89. The van der Waals surface area contributed by atoms with E-state index in [9.17, 15) is 9.59 Å². The normalized spacial score (nSPS) is 15.1. The van der Waals surface area contributed by atoms with Crippen molar-refractivity contribution >= 4 is 40.6 Å². The minimum Gasteiger partial charge on any atom is -0.490 e. The van der Waals surface area contributed by atoms with Crippen LogP contribution in [0.15, 0.2) is 42.1 Å². The van der Waals surface area contributed by atoms with E-state index in [4.69, 9.17) is 9.47 Å². The van der Waals surface area contributed by atoms with Crippen molar-refractivity contribution < 1.29 is 19.1 Å². The Balaban J connectivity index is 1.86. The van der Waals surface area contributed by atoms with Gasteiger partial charge in [0, 0.05) is 7.05 Å². The van der Waals surface area contributed by atoms with E-state index < -0.39 is 6.03 Å². The van der Waals surface area contributed by atoms with E-state index in [1.165, 1.54) is 12.6 Å². The van der Waals surface area contributed by atoms with Crippen molar-refractivity contribution in [1.29, 1.82) is 0 Å². The van der Waals surface area contributed by atoms with Crippen molar-refractivity contribution in [2.75, 3.05) is 13.7 Å². The number of nitrogens with zero attached hydrogens (tertiary/aromatic N) is 1. The lowest BCUT2D eigenvalue weighted by molar-refractivity contribution is -0.121. The van der Waals surface area contributed by atoms with Crippen LogP contribution in [-0.2, 0) is 11.4 Å². The lowest BCUT2D eigenvalue weighted by Gasteiger charge is -2.15. The molecule has 0 saturated carbocycles. The van der Waals surface area contributed by atoms with Crippen molar-refractivity contribution in [1.82, 2.24) is 10.2 Å². The Morgan fingerprint density at radius 1 is 1.14 bits per heavy atom. The van der Waals surface area contributed by atoms with Crippen LogP contribution in [0.5, 0.6) is 11.5 Å². The lowest BCUT2D eigenvalue weighted by Crippen LogP contribution is -2.25. The highest BCUT2D eigenvalue weighted by molar-refractivity contribution is 14.1. The second kappa shape index (κ2) is 8.64. The van der Waals surface area contributed by atoms with Gasteiger partial charge in [-0.15, -0.1) is 0 Å². The fourth-order valence-corrected chi connectivity index (χ4v) is 3.49. The molecule has 28 heavy (non-hydrogen) atoms. The molecule has 1 fully saturated rings. The summed E-state index contributed by atoms with van der Waals surface area (Å²) in [6, 6.07) is 11.4. The number of hydrogen-bond donors (Lipinski definition) is 1. The fourth-order valence-electron chi connectivity index (χ4n) is 2.70. The van der Waals surface area contributed by atoms with Gasteiger partial charge in [-0.05, 0) is 65.8 Å². The number of rotatable bonds is 6. The number of carbonyl (C=O) groups is 2. The van der Waals surface area contributed by atoms with Gasteiger partial charge < -0.3 is 14.8 Å². The zero-order chi connectivity index (χ0) is 20.3. The zero-order valence-corrected chi connectivity index (χ0v) is 18.1. The standard InChI is InChI=1S/C21H21IN2O4/c1-4-27-18-11-15(10-17-20(25)24(3)21(26)23-17)9-16(22)19(18)28-12-14-7-5-13(2)6-8-14/h5-11H,4,12H2,1-3H3,(H,23,26)/b17-10+. The maximum Gasteiger partial charge on any atom is 0.328 e. The molecule has 6 nitrogen and oxygen atoms in total. The second-order valence-corrected chi connectivity index (χ2v) is 7.55. The number of amides is 3. The summed E-state index contributed by atoms with van der Waals surface area (Å²) in [7, 11) is 1.44. The Labute approximate surface area is 177 Å². The molecule has 0 spiro atoms. The molecular formula is C21H21IN2O4. The first-order valence-corrected chi connectivity index (χ1v) is 9.92. The van der Waals surface area contributed by atoms with Crippen molar-refractivity contribution in [2.45, 2.75) is 20.5 Å². The molecule has 3 rings (SSSR count). The third-order valence-electron chi connectivity index (χ3n) is 4.23. The molecule has 0 unspecified atom stereocenters. The number of nitrogens with one attached hydrogen (secondary N) is 1. The van der Waals surface area contributed by atoms with Gasteiger partial charge in [-0.3, -0.25) is 9.69 Å². The molecule has 146 valence electrons. The highest BCUT2D eigenvalue weighted by atomic mass is 127. The molecule has 2 aromatic carbocycles. The molecule has 1 aliphatic rings. The maximum atomic E-state index is 12.1. The third kappa shape index (κ3) is 4.46. The smallest absolute Gasteiger partial charge is 0.328 e. The number of benzene rings is 2. The Kier molecular flexibility index (Phi) is 6.23. The van der Waals surface area contributed by atoms with Crippen molar-refractivity contribution in [3.8, 4) is 11.5 Å². The van der Waals surface area contributed by atoms with Crippen molar-refractivity contribution in [3.63, 3.8) is 0 Å². The van der Waals surface area contributed by atoms with Gasteiger partial charge >= 0.3 is 6.03 Å². The van der Waals surface area contributed by atoms with Crippen LogP contribution in [-0.4, -0.2) is 30.5 Å². The van der Waals surface area contributed by atoms with Gasteiger partial charge in [-0.25, -0.2) is 4.79 Å². The molecule has 3 amide bonds. The van der Waals surface area contributed by atoms with Gasteiger partial charge in [0.15, 0.2) is 11.5 Å². The molecule has 1 aliphatic heterocycles. The largest absolute Gasteiger partial charge is 0.490 e. The van der Waals surface area contributed by atoms with Crippen LogP contribution in [0.3, 0.4) is 0 Å². The van der Waals surface area contributed by atoms with E-state index in [0.717, 1.165) is 19.6 Å². The van der Waals surface area contributed by atoms with E-state index in [1.54, 1.807) is 12.1 Å². The summed E-state index contributed by atoms with van der Waals surface area (Å²) in [6.45, 7) is 4.85. The summed E-state index contributed by atoms with van der Waals surface area (Å²) < 4.78 is 12.6. The van der Waals surface area contributed by atoms with Crippen molar-refractivity contribution in [3.05, 3.63) is 62.4 Å². The summed E-state index contributed by atoms with van der Waals surface area (Å²) in [5.41, 5.74) is 3.25. The van der Waals surface area contributed by atoms with Gasteiger partial charge in [0.2, 0.25) is 0 Å². The molecule has 7 heteroatoms. The molecule has 1 saturated heterocycles. The van der Waals surface area contributed by atoms with Crippen LogP contribution < -0.4 is 14.8 Å². The maximum absolute atomic E-state index is 12.1. The third-order valence-corrected chi connectivity index (χ3v) is 5.03. The number of hydrogen-bond acceptors (Lipinski definition) is 4. The summed E-state index contributed by atoms with van der Waals surface area (Å²) in [4.78, 5) is 24.7. The zero-order valence-electron chi connectivity index (χ0n) is 15.9. The SMILES string of the molecule is CCOc1cc(/C=C2/NC(=O)N(C)C2=O)cc(I)c1OCc1ccc(C)cc1. The number of carbonyl (C=O) groups excluding carboxylic acids is 2. The van der Waals surface area contributed by atoms with Crippen LogP contribution >= 0.6 is 22.6 Å². The quantitative estimate of drug-likeness (QED) is 0.375. The van der Waals surface area contributed by atoms with Crippen molar-refractivity contribution in [2.24, 2.45) is 0 Å². The van der Waals surface area contributed by atoms with Gasteiger partial charge in [-0.2, -0.15) is 0 Å². The van der Waals surface area contributed by atoms with E-state index in [1.807, 2.05) is 44.2 Å². The first kappa shape index (κ1) is 20.2. The molecule has 2 aromatic rings. The van der Waals surface area contributed by atoms with Gasteiger partial charge in [0.1, 0.15) is 12.3 Å². The molecule has 0 aliphatic carbocycles. The predicted octanol–water partition coefficient (Wildman–Crippen LogP) is 4.10. The number of imide groups is 1. The Hall–Kier alpha value is -2.55. The minimum absolute atomic E-state index is 0.235. The van der Waals surface area contributed by atoms with E-state index in [0.29, 0.717) is 24.7 Å². The summed E-state index contributed by atoms with van der Waals surface area (Å²) in [5.74, 6) is 0.889. The lowest BCUT2D eigenvalue weighted by atomic mass is 10.1. The number of halogens is 1. The monoisotopic (exact) mass is 492 g/mol. The van der Waals surface area contributed by atoms with E-state index in [-0.39, 0.29) is 11.6 Å². The van der Waals surface area contributed by atoms with Crippen LogP contribution in [0.1, 0.15) is 23.6 Å². The molecule has 0 atom stereocenters. The first-order chi connectivity index (χ1) is 13.4. The van der Waals surface area contributed by atoms with Crippen LogP contribution in [0.2, 0.25) is 0 Å². The van der Waals surface area contributed by atoms with Crippen LogP contribution in [0, 0.1) is 10.5 Å². The highest BCUT2D eigenvalue weighted by Crippen LogP contribution is 2.35. The summed E-state index contributed by atoms with van der Waals surface area (Å²) in [5, 5.41) is 2.56. The second-order valence-electron chi connectivity index (χ2n) is 6.39. The molecule has 0 aromatic heterocycles. The Morgan fingerprint density at radius 2 is 1.86 bits per heavy atom. The minimum atomic E-state index is -0.436. The topological polar surface area (TPSA) is 67.9 Å². The van der Waals surface area contributed by atoms with Crippen LogP contribution in [0.25, 0.3) is 6.08 Å². The molecule has 1 heterocycles. The fraction of sp³-hybridized carbons (Fsp3) is 0.238. The first-order valence-electron chi connectivity index (χ1n) is 8.84. The number of urea groups is 1. The van der Waals surface area contributed by atoms with Crippen LogP contribution in [0.4, 0.5) is 4.79 Å².